The van der Waals surface area contributed by atoms with E-state index in [-0.39, 0.29) is 0 Å². The third kappa shape index (κ3) is 7.62. The van der Waals surface area contributed by atoms with E-state index in [1.165, 1.54) is 12.1 Å². The summed E-state index contributed by atoms with van der Waals surface area (Å²) in [6.45, 7) is 4.22. The van der Waals surface area contributed by atoms with Crippen molar-refractivity contribution >= 4 is 43.6 Å². The van der Waals surface area contributed by atoms with E-state index < -0.39 is 11.7 Å². The van der Waals surface area contributed by atoms with E-state index in [4.69, 9.17) is 15.0 Å². The number of benzene rings is 10. The summed E-state index contributed by atoms with van der Waals surface area (Å²) in [5.41, 5.74) is 13.9. The Morgan fingerprint density at radius 3 is 1.19 bits per heavy atom. The Bertz CT molecular complexity index is 4270. The molecule has 0 N–H and O–H groups in total. The van der Waals surface area contributed by atoms with Crippen LogP contribution >= 0.6 is 0 Å². The van der Waals surface area contributed by atoms with Crippen LogP contribution in [0, 0.1) is 13.8 Å². The minimum absolute atomic E-state index is 0.379. The molecule has 5 nitrogen and oxygen atoms in total. The van der Waals surface area contributed by atoms with Crippen LogP contribution in [-0.4, -0.2) is 24.1 Å². The van der Waals surface area contributed by atoms with Crippen LogP contribution in [0.5, 0.6) is 0 Å². The predicted octanol–water partition coefficient (Wildman–Crippen LogP) is 17.7. The van der Waals surface area contributed by atoms with Gasteiger partial charge in [0.05, 0.1) is 39.0 Å². The smallest absolute Gasteiger partial charge is 0.309 e. The van der Waals surface area contributed by atoms with Gasteiger partial charge in [0, 0.05) is 49.4 Å². The van der Waals surface area contributed by atoms with Gasteiger partial charge in [-0.15, -0.1) is 0 Å². The summed E-state index contributed by atoms with van der Waals surface area (Å²) in [5.74, 6) is 1.33. The molecule has 0 unspecified atom stereocenters. The lowest BCUT2D eigenvalue weighted by atomic mass is 9.95. The first-order valence-electron chi connectivity index (χ1n) is 24.6. The highest BCUT2D eigenvalue weighted by molar-refractivity contribution is 6.13. The summed E-state index contributed by atoms with van der Waals surface area (Å²) in [6, 6.07) is 75.4. The van der Waals surface area contributed by atoms with Gasteiger partial charge in [0.15, 0.2) is 17.5 Å². The van der Waals surface area contributed by atoms with E-state index in [2.05, 4.69) is 108 Å². The van der Waals surface area contributed by atoms with E-state index in [1.807, 2.05) is 127 Å². The topological polar surface area (TPSA) is 48.5 Å². The Labute approximate surface area is 425 Å². The van der Waals surface area contributed by atoms with Gasteiger partial charge < -0.3 is 9.13 Å². The molecule has 13 aromatic rings. The molecule has 0 saturated carbocycles. The lowest BCUT2D eigenvalue weighted by Gasteiger charge is -2.21. The fraction of sp³-hybridized carbons (Fsp3) is 0.0455. The zero-order valence-electron chi connectivity index (χ0n) is 40.3. The Kier molecular flexibility index (Phi) is 10.7. The minimum Gasteiger partial charge on any atom is -0.309 e. The van der Waals surface area contributed by atoms with Crippen LogP contribution in [0.1, 0.15) is 16.7 Å². The third-order valence-corrected chi connectivity index (χ3v) is 14.3. The second kappa shape index (κ2) is 17.7. The van der Waals surface area contributed by atoms with Crippen LogP contribution in [-0.2, 0) is 6.18 Å². The summed E-state index contributed by atoms with van der Waals surface area (Å²) in [6.07, 6.45) is -4.66. The number of aromatic nitrogens is 5. The van der Waals surface area contributed by atoms with Crippen LogP contribution in [0.3, 0.4) is 0 Å². The van der Waals surface area contributed by atoms with E-state index in [0.717, 1.165) is 88.1 Å². The molecule has 0 fully saturated rings. The van der Waals surface area contributed by atoms with Gasteiger partial charge in [-0.2, -0.15) is 13.2 Å². The first-order valence-corrected chi connectivity index (χ1v) is 24.6. The van der Waals surface area contributed by atoms with Gasteiger partial charge in [-0.1, -0.05) is 158 Å². The maximum absolute atomic E-state index is 15.4. The molecule has 13 rings (SSSR count). The number of rotatable bonds is 8. The molecule has 0 atom stereocenters. The SMILES string of the molecule is Cc1ccccc1-c1ccc2c(c1)c1ccccc1n2-c1ccc(-c2nc(-c3ccccc3)nc(-c3ccccc3)n2)cc1-c1cc(C(F)(F)F)ccc1-n1c2ccccc2c2cc(-c3ccccc3C)ccc21. The molecule has 354 valence electrons. The van der Waals surface area contributed by atoms with Crippen LogP contribution in [0.15, 0.2) is 231 Å². The van der Waals surface area contributed by atoms with Crippen LogP contribution in [0.25, 0.3) is 123 Å². The predicted molar refractivity (Wildman–Crippen MR) is 296 cm³/mol. The highest BCUT2D eigenvalue weighted by atomic mass is 19.4. The van der Waals surface area contributed by atoms with Crippen molar-refractivity contribution in [3.63, 3.8) is 0 Å². The highest BCUT2D eigenvalue weighted by Crippen LogP contribution is 2.45. The molecular weight excluding hydrogens is 920 g/mol. The fourth-order valence-corrected chi connectivity index (χ4v) is 10.7. The van der Waals surface area contributed by atoms with Gasteiger partial charge >= 0.3 is 6.18 Å². The maximum Gasteiger partial charge on any atom is 0.416 e. The minimum atomic E-state index is -4.66. The fourth-order valence-electron chi connectivity index (χ4n) is 10.7. The van der Waals surface area contributed by atoms with Crippen molar-refractivity contribution in [2.24, 2.45) is 0 Å². The normalized spacial score (nSPS) is 11.9. The van der Waals surface area contributed by atoms with Crippen molar-refractivity contribution in [3.8, 4) is 78.9 Å². The van der Waals surface area contributed by atoms with Crippen molar-refractivity contribution in [1.82, 2.24) is 24.1 Å². The average molecular weight is 964 g/mol. The molecule has 0 aliphatic carbocycles. The van der Waals surface area contributed by atoms with Crippen LogP contribution in [0.4, 0.5) is 13.2 Å². The molecule has 3 heterocycles. The Morgan fingerprint density at radius 2 is 0.703 bits per heavy atom. The molecule has 8 heteroatoms. The van der Waals surface area contributed by atoms with Crippen molar-refractivity contribution in [2.75, 3.05) is 0 Å². The number of hydrogen-bond acceptors (Lipinski definition) is 3. The average Bonchev–Trinajstić information content (AvgIpc) is 3.95. The summed E-state index contributed by atoms with van der Waals surface area (Å²) in [4.78, 5) is 15.2. The first-order chi connectivity index (χ1) is 36.2. The number of para-hydroxylation sites is 2. The Morgan fingerprint density at radius 1 is 0.311 bits per heavy atom. The summed E-state index contributed by atoms with van der Waals surface area (Å²) < 4.78 is 50.5. The molecule has 10 aromatic carbocycles. The van der Waals surface area contributed by atoms with Gasteiger partial charge in [0.1, 0.15) is 0 Å². The standard InChI is InChI=1S/C66H44F3N5/c1-41-17-9-11-23-49(41)45-29-33-59-53(37-45)51-25-13-15-27-57(51)73(59)61-35-31-47(65-71-63(43-19-5-3-6-20-43)70-64(72-65)44-21-7-4-8-22-44)39-55(61)56-40-48(66(67,68)69)32-36-62(56)74-58-28-16-14-26-52(58)54-38-46(30-34-60(54)74)50-24-12-10-18-42(50)2/h3-40H,1-2H3. The van der Waals surface area contributed by atoms with Crippen molar-refractivity contribution in [3.05, 3.63) is 247 Å². The lowest BCUT2D eigenvalue weighted by molar-refractivity contribution is -0.137. The second-order valence-corrected chi connectivity index (χ2v) is 18.8. The maximum atomic E-state index is 15.4. The number of fused-ring (bicyclic) bond motifs is 6. The monoisotopic (exact) mass is 963 g/mol. The second-order valence-electron chi connectivity index (χ2n) is 18.8. The zero-order valence-corrected chi connectivity index (χ0v) is 40.3. The van der Waals surface area contributed by atoms with Gasteiger partial charge in [-0.3, -0.25) is 0 Å². The molecule has 0 saturated heterocycles. The largest absolute Gasteiger partial charge is 0.416 e. The summed E-state index contributed by atoms with van der Waals surface area (Å²) in [7, 11) is 0. The van der Waals surface area contributed by atoms with Crippen LogP contribution in [0.2, 0.25) is 0 Å². The van der Waals surface area contributed by atoms with E-state index in [1.54, 1.807) is 6.07 Å². The quantitative estimate of drug-likeness (QED) is 0.152. The first kappa shape index (κ1) is 44.5. The molecule has 0 aliphatic rings. The molecular formula is C66H44F3N5. The van der Waals surface area contributed by atoms with Gasteiger partial charge in [0.2, 0.25) is 0 Å². The number of aryl methyl sites for hydroxylation is 2. The van der Waals surface area contributed by atoms with Crippen LogP contribution < -0.4 is 0 Å². The van der Waals surface area contributed by atoms with E-state index in [9.17, 15) is 0 Å². The molecule has 0 aliphatic heterocycles. The van der Waals surface area contributed by atoms with Crippen molar-refractivity contribution in [2.45, 2.75) is 20.0 Å². The van der Waals surface area contributed by atoms with E-state index in [0.29, 0.717) is 45.5 Å². The number of hydrogen-bond donors (Lipinski definition) is 0. The zero-order chi connectivity index (χ0) is 50.1. The van der Waals surface area contributed by atoms with E-state index >= 15 is 13.2 Å². The molecule has 0 radical (unpaired) electrons. The molecule has 74 heavy (non-hydrogen) atoms. The molecule has 0 amide bonds. The molecule has 3 aromatic heterocycles. The van der Waals surface area contributed by atoms with Gasteiger partial charge in [-0.05, 0) is 120 Å². The summed E-state index contributed by atoms with van der Waals surface area (Å²) >= 11 is 0. The third-order valence-electron chi connectivity index (χ3n) is 14.3. The molecule has 0 bridgehead atoms. The van der Waals surface area contributed by atoms with Gasteiger partial charge in [0.25, 0.3) is 0 Å². The molecule has 0 spiro atoms. The highest BCUT2D eigenvalue weighted by Gasteiger charge is 2.33. The number of halogens is 3. The summed E-state index contributed by atoms with van der Waals surface area (Å²) in [5, 5.41) is 4.00. The van der Waals surface area contributed by atoms with Crippen molar-refractivity contribution < 1.29 is 13.2 Å². The Hall–Kier alpha value is -9.40. The number of nitrogens with zero attached hydrogens (tertiary/aromatic N) is 5. The van der Waals surface area contributed by atoms with Gasteiger partial charge in [-0.25, -0.2) is 15.0 Å². The Balaban J connectivity index is 1.13. The lowest BCUT2D eigenvalue weighted by Crippen LogP contribution is -2.08. The van der Waals surface area contributed by atoms with Crippen molar-refractivity contribution in [1.29, 1.82) is 0 Å². The number of alkyl halides is 3.